The van der Waals surface area contributed by atoms with Crippen molar-refractivity contribution in [1.29, 1.82) is 0 Å². The van der Waals surface area contributed by atoms with E-state index in [1.54, 1.807) is 24.4 Å². The topological polar surface area (TPSA) is 101 Å². The van der Waals surface area contributed by atoms with Crippen molar-refractivity contribution in [2.45, 2.75) is 13.3 Å². The molecule has 4 aromatic rings. The lowest BCUT2D eigenvalue weighted by atomic mass is 10.00. The van der Waals surface area contributed by atoms with Gasteiger partial charge in [-0.05, 0) is 42.3 Å². The van der Waals surface area contributed by atoms with Gasteiger partial charge in [0.1, 0.15) is 22.5 Å². The molecule has 0 bridgehead atoms. The maximum absolute atomic E-state index is 15.1. The summed E-state index contributed by atoms with van der Waals surface area (Å²) in [6, 6.07) is 11.0. The van der Waals surface area contributed by atoms with Gasteiger partial charge in [0, 0.05) is 40.3 Å². The summed E-state index contributed by atoms with van der Waals surface area (Å²) >= 11 is 0. The van der Waals surface area contributed by atoms with E-state index < -0.39 is 34.0 Å². The van der Waals surface area contributed by atoms with Crippen LogP contribution in [0.15, 0.2) is 54.9 Å². The number of nitrogens with one attached hydrogen (secondary N) is 2. The molecular weight excluding hydrogens is 434 g/mol. The van der Waals surface area contributed by atoms with Crippen LogP contribution in [0.5, 0.6) is 0 Å². The lowest BCUT2D eigenvalue weighted by molar-refractivity contribution is 0.103. The molecule has 1 unspecified atom stereocenters. The first-order chi connectivity index (χ1) is 15.4. The summed E-state index contributed by atoms with van der Waals surface area (Å²) in [4.78, 5) is 20.4. The number of anilines is 2. The molecule has 1 atom stereocenters. The Labute approximate surface area is 185 Å². The van der Waals surface area contributed by atoms with Crippen LogP contribution in [0.1, 0.15) is 29.3 Å². The zero-order chi connectivity index (χ0) is 22.8. The Hall–Kier alpha value is -3.59. The number of H-pyrrole nitrogens is 1. The first-order valence-corrected chi connectivity index (χ1v) is 11.2. The highest BCUT2D eigenvalue weighted by atomic mass is 32.2. The molecule has 0 aliphatic rings. The van der Waals surface area contributed by atoms with Crippen LogP contribution in [0.25, 0.3) is 22.2 Å². The number of hydrogen-bond acceptors (Lipinski definition) is 4. The van der Waals surface area contributed by atoms with Crippen molar-refractivity contribution < 1.29 is 17.8 Å². The second-order valence-electron chi connectivity index (χ2n) is 7.21. The fraction of sp³-hybridized carbons (Fsp3) is 0.130. The summed E-state index contributed by atoms with van der Waals surface area (Å²) in [5.41, 5.74) is 7.47. The number of fused-ring (bicyclic) bond motifs is 1. The van der Waals surface area contributed by atoms with Crippen molar-refractivity contribution in [1.82, 2.24) is 9.97 Å². The van der Waals surface area contributed by atoms with Crippen LogP contribution in [0, 0.1) is 11.6 Å². The van der Waals surface area contributed by atoms with E-state index in [0.29, 0.717) is 28.9 Å². The fourth-order valence-electron chi connectivity index (χ4n) is 3.36. The van der Waals surface area contributed by atoms with Crippen molar-refractivity contribution in [3.63, 3.8) is 0 Å². The van der Waals surface area contributed by atoms with Gasteiger partial charge >= 0.3 is 0 Å². The normalized spacial score (nSPS) is 12.1. The Balaban J connectivity index is 1.76. The quantitative estimate of drug-likeness (QED) is 0.276. The van der Waals surface area contributed by atoms with Gasteiger partial charge in [-0.1, -0.05) is 19.1 Å². The van der Waals surface area contributed by atoms with Crippen LogP contribution < -0.4 is 10.5 Å². The lowest BCUT2D eigenvalue weighted by Gasteiger charge is -2.10. The molecule has 9 heteroatoms. The second-order valence-corrected chi connectivity index (χ2v) is 8.51. The summed E-state index contributed by atoms with van der Waals surface area (Å²) in [5, 5.41) is 0.427. The Bertz CT molecular complexity index is 1340. The monoisotopic (exact) mass is 454 g/mol. The molecule has 2 aromatic carbocycles. The molecule has 0 saturated carbocycles. The van der Waals surface area contributed by atoms with E-state index in [2.05, 4.69) is 14.7 Å². The van der Waals surface area contributed by atoms with Gasteiger partial charge in [0.25, 0.3) is 0 Å². The van der Waals surface area contributed by atoms with Crippen molar-refractivity contribution in [3.8, 4) is 11.1 Å². The Morgan fingerprint density at radius 2 is 1.91 bits per heavy atom. The summed E-state index contributed by atoms with van der Waals surface area (Å²) in [6.45, 7) is 1.83. The van der Waals surface area contributed by atoms with E-state index >= 15 is 4.39 Å². The molecule has 0 fully saturated rings. The fourth-order valence-corrected chi connectivity index (χ4v) is 4.23. The molecule has 6 nitrogen and oxygen atoms in total. The third-order valence-electron chi connectivity index (χ3n) is 4.95. The standard InChI is InChI=1S/C23H20F2N4O2S/c1-2-9-32(31)29-19-8-7-18(24)20(21(19)25)22(30)17-12-28-23-16(17)10-14(11-27-23)13-3-5-15(26)6-4-13/h3-8,10-12,29H,2,9,26H2,1H3,(H,27,28). The third kappa shape index (κ3) is 4.11. The van der Waals surface area contributed by atoms with E-state index in [-0.39, 0.29) is 11.3 Å². The second kappa shape index (κ2) is 8.88. The van der Waals surface area contributed by atoms with Crippen LogP contribution >= 0.6 is 0 Å². The number of hydrogen-bond donors (Lipinski definition) is 3. The first kappa shape index (κ1) is 21.6. The molecule has 0 radical (unpaired) electrons. The SMILES string of the molecule is CCCS(=O)Nc1ccc(F)c(C(=O)c2c[nH]c3ncc(-c4ccc(N)cc4)cc23)c1F. The maximum atomic E-state index is 15.1. The average Bonchev–Trinajstić information content (AvgIpc) is 3.20. The number of carbonyl (C=O) groups excluding carboxylic acids is 1. The number of rotatable bonds is 7. The zero-order valence-corrected chi connectivity index (χ0v) is 17.9. The summed E-state index contributed by atoms with van der Waals surface area (Å²) < 4.78 is 44.1. The van der Waals surface area contributed by atoms with E-state index in [9.17, 15) is 13.4 Å². The number of pyridine rings is 1. The van der Waals surface area contributed by atoms with Crippen molar-refractivity contribution in [2.24, 2.45) is 0 Å². The summed E-state index contributed by atoms with van der Waals surface area (Å²) in [5.74, 6) is -2.64. The van der Waals surface area contributed by atoms with Crippen LogP contribution in [0.3, 0.4) is 0 Å². The molecule has 0 amide bonds. The molecular formula is C23H20F2N4O2S. The first-order valence-electron chi connectivity index (χ1n) is 9.89. The van der Waals surface area contributed by atoms with Crippen LogP contribution in [-0.4, -0.2) is 25.7 Å². The molecule has 32 heavy (non-hydrogen) atoms. The minimum atomic E-state index is -1.54. The molecule has 4 N–H and O–H groups in total. The molecule has 0 aliphatic carbocycles. The van der Waals surface area contributed by atoms with Crippen LogP contribution in [0.2, 0.25) is 0 Å². The highest BCUT2D eigenvalue weighted by Gasteiger charge is 2.25. The number of nitrogens with zero attached hydrogens (tertiary/aromatic N) is 1. The van der Waals surface area contributed by atoms with Gasteiger partial charge in [-0.15, -0.1) is 0 Å². The van der Waals surface area contributed by atoms with Gasteiger partial charge < -0.3 is 15.4 Å². The van der Waals surface area contributed by atoms with E-state index in [0.717, 1.165) is 23.3 Å². The minimum absolute atomic E-state index is 0.0782. The number of aromatic nitrogens is 2. The van der Waals surface area contributed by atoms with Gasteiger partial charge in [-0.2, -0.15) is 0 Å². The van der Waals surface area contributed by atoms with Crippen molar-refractivity contribution in [3.05, 3.63) is 77.6 Å². The molecule has 4 rings (SSSR count). The van der Waals surface area contributed by atoms with Crippen molar-refractivity contribution >= 4 is 39.2 Å². The van der Waals surface area contributed by atoms with Gasteiger partial charge in [-0.25, -0.2) is 18.0 Å². The van der Waals surface area contributed by atoms with Gasteiger partial charge in [0.15, 0.2) is 5.82 Å². The Morgan fingerprint density at radius 3 is 2.62 bits per heavy atom. The lowest BCUT2D eigenvalue weighted by Crippen LogP contribution is -2.13. The summed E-state index contributed by atoms with van der Waals surface area (Å²) in [6.07, 6.45) is 3.63. The van der Waals surface area contributed by atoms with Gasteiger partial charge in [0.05, 0.1) is 11.3 Å². The molecule has 2 aromatic heterocycles. The number of carbonyl (C=O) groups is 1. The number of benzene rings is 2. The van der Waals surface area contributed by atoms with Crippen molar-refractivity contribution in [2.75, 3.05) is 16.2 Å². The van der Waals surface area contributed by atoms with Crippen LogP contribution in [-0.2, 0) is 11.0 Å². The predicted molar refractivity (Wildman–Crippen MR) is 123 cm³/mol. The maximum Gasteiger partial charge on any atom is 0.201 e. The van der Waals surface area contributed by atoms with Gasteiger partial charge in [0.2, 0.25) is 5.78 Å². The largest absolute Gasteiger partial charge is 0.399 e. The average molecular weight is 455 g/mol. The number of nitrogens with two attached hydrogens (primary N) is 1. The Morgan fingerprint density at radius 1 is 1.16 bits per heavy atom. The molecule has 0 spiro atoms. The van der Waals surface area contributed by atoms with E-state index in [1.165, 1.54) is 6.20 Å². The molecule has 164 valence electrons. The van der Waals surface area contributed by atoms with E-state index in [4.69, 9.17) is 5.73 Å². The highest BCUT2D eigenvalue weighted by molar-refractivity contribution is 7.86. The van der Waals surface area contributed by atoms with Gasteiger partial charge in [-0.3, -0.25) is 4.79 Å². The molecule has 0 aliphatic heterocycles. The molecule has 0 saturated heterocycles. The highest BCUT2D eigenvalue weighted by Crippen LogP contribution is 2.29. The van der Waals surface area contributed by atoms with Crippen LogP contribution in [0.4, 0.5) is 20.2 Å². The zero-order valence-electron chi connectivity index (χ0n) is 17.1. The number of aromatic amines is 1. The third-order valence-corrected chi connectivity index (χ3v) is 6.18. The number of ketones is 1. The number of halogens is 2. The Kier molecular flexibility index (Phi) is 6.00. The molecule has 2 heterocycles. The summed E-state index contributed by atoms with van der Waals surface area (Å²) in [7, 11) is -1.54. The van der Waals surface area contributed by atoms with E-state index in [1.807, 2.05) is 19.1 Å². The minimum Gasteiger partial charge on any atom is -0.399 e. The number of nitrogen functional groups attached to an aromatic ring is 1. The smallest absolute Gasteiger partial charge is 0.201 e. The predicted octanol–water partition coefficient (Wildman–Crippen LogP) is 4.81.